The van der Waals surface area contributed by atoms with Gasteiger partial charge in [0, 0.05) is 18.0 Å². The third-order valence-electron chi connectivity index (χ3n) is 2.88. The second-order valence-electron chi connectivity index (χ2n) is 4.71. The van der Waals surface area contributed by atoms with E-state index < -0.39 is 6.03 Å². The quantitative estimate of drug-likeness (QED) is 0.820. The molecule has 0 aliphatic carbocycles. The van der Waals surface area contributed by atoms with Crippen LogP contribution in [-0.2, 0) is 17.9 Å². The second kappa shape index (κ2) is 8.35. The van der Waals surface area contributed by atoms with Crippen molar-refractivity contribution in [3.63, 3.8) is 0 Å². The van der Waals surface area contributed by atoms with Crippen LogP contribution in [0.5, 0.6) is 0 Å². The third kappa shape index (κ3) is 5.34. The zero-order valence-corrected chi connectivity index (χ0v) is 13.2. The predicted octanol–water partition coefficient (Wildman–Crippen LogP) is 2.19. The molecule has 22 heavy (non-hydrogen) atoms. The van der Waals surface area contributed by atoms with Crippen molar-refractivity contribution in [3.8, 4) is 0 Å². The van der Waals surface area contributed by atoms with E-state index in [4.69, 9.17) is 4.42 Å². The molecule has 0 aliphatic heterocycles. The van der Waals surface area contributed by atoms with Gasteiger partial charge in [0.15, 0.2) is 0 Å². The molecule has 118 valence electrons. The number of nitrogens with one attached hydrogen (secondary N) is 2. The molecule has 7 heteroatoms. The van der Waals surface area contributed by atoms with E-state index in [1.165, 1.54) is 0 Å². The van der Waals surface area contributed by atoms with Gasteiger partial charge in [0.1, 0.15) is 5.76 Å². The number of imide groups is 1. The van der Waals surface area contributed by atoms with Crippen LogP contribution in [0.2, 0.25) is 0 Å². The number of rotatable bonds is 7. The summed E-state index contributed by atoms with van der Waals surface area (Å²) in [5.74, 6) is 0.441. The number of thiophene rings is 1. The summed E-state index contributed by atoms with van der Waals surface area (Å²) in [4.78, 5) is 26.4. The lowest BCUT2D eigenvalue weighted by molar-refractivity contribution is -0.121. The normalized spacial score (nSPS) is 10.6. The Hall–Kier alpha value is -2.12. The minimum absolute atomic E-state index is 0.121. The molecule has 0 atom stereocenters. The lowest BCUT2D eigenvalue weighted by atomic mass is 10.3. The number of amides is 3. The van der Waals surface area contributed by atoms with Crippen LogP contribution in [0.3, 0.4) is 0 Å². The lowest BCUT2D eigenvalue weighted by Gasteiger charge is -2.19. The SMILES string of the molecule is CCNC(=O)NC(=O)CN(Cc1ccco1)Cc1cccs1. The highest BCUT2D eigenvalue weighted by Gasteiger charge is 2.15. The predicted molar refractivity (Wildman–Crippen MR) is 84.4 cm³/mol. The summed E-state index contributed by atoms with van der Waals surface area (Å²) in [7, 11) is 0. The summed E-state index contributed by atoms with van der Waals surface area (Å²) in [5.41, 5.74) is 0. The fourth-order valence-electron chi connectivity index (χ4n) is 1.99. The largest absolute Gasteiger partial charge is 0.468 e. The molecular formula is C15H19N3O3S. The van der Waals surface area contributed by atoms with Crippen LogP contribution >= 0.6 is 11.3 Å². The first-order chi connectivity index (χ1) is 10.7. The third-order valence-corrected chi connectivity index (χ3v) is 3.74. The Balaban J connectivity index is 1.94. The van der Waals surface area contributed by atoms with Gasteiger partial charge in [-0.1, -0.05) is 6.07 Å². The Bertz CT molecular complexity index is 545. The molecule has 0 saturated carbocycles. The first-order valence-corrected chi connectivity index (χ1v) is 7.90. The number of urea groups is 1. The van der Waals surface area contributed by atoms with Crippen LogP contribution in [-0.4, -0.2) is 29.9 Å². The number of hydrogen-bond donors (Lipinski definition) is 2. The molecule has 0 saturated heterocycles. The first kappa shape index (κ1) is 16.3. The number of nitrogens with zero attached hydrogens (tertiary/aromatic N) is 1. The van der Waals surface area contributed by atoms with Gasteiger partial charge in [-0.05, 0) is 30.5 Å². The Kier molecular flexibility index (Phi) is 6.17. The Morgan fingerprint density at radius 2 is 2.14 bits per heavy atom. The zero-order valence-electron chi connectivity index (χ0n) is 12.4. The molecule has 2 rings (SSSR count). The summed E-state index contributed by atoms with van der Waals surface area (Å²) >= 11 is 1.63. The van der Waals surface area contributed by atoms with Gasteiger partial charge in [0.05, 0.1) is 19.4 Å². The number of carbonyl (C=O) groups excluding carboxylic acids is 2. The number of furan rings is 1. The summed E-state index contributed by atoms with van der Waals surface area (Å²) in [6.45, 7) is 3.53. The molecule has 2 heterocycles. The summed E-state index contributed by atoms with van der Waals surface area (Å²) in [6, 6.07) is 7.19. The molecule has 0 spiro atoms. The molecule has 0 bridgehead atoms. The average Bonchev–Trinajstić information content (AvgIpc) is 3.12. The van der Waals surface area contributed by atoms with E-state index in [9.17, 15) is 9.59 Å². The topological polar surface area (TPSA) is 74.6 Å². The van der Waals surface area contributed by atoms with Gasteiger partial charge in [-0.2, -0.15) is 0 Å². The van der Waals surface area contributed by atoms with Gasteiger partial charge in [-0.3, -0.25) is 15.0 Å². The fourth-order valence-corrected chi connectivity index (χ4v) is 2.73. The van der Waals surface area contributed by atoms with Crippen molar-refractivity contribution in [2.24, 2.45) is 0 Å². The van der Waals surface area contributed by atoms with Gasteiger partial charge in [-0.15, -0.1) is 11.3 Å². The van der Waals surface area contributed by atoms with Crippen molar-refractivity contribution in [1.29, 1.82) is 0 Å². The standard InChI is InChI=1S/C15H19N3O3S/c1-2-16-15(20)17-14(19)11-18(9-12-5-3-7-21-12)10-13-6-4-8-22-13/h3-8H,2,9-11H2,1H3,(H2,16,17,19,20). The zero-order chi connectivity index (χ0) is 15.8. The van der Waals surface area contributed by atoms with E-state index in [1.807, 2.05) is 34.5 Å². The van der Waals surface area contributed by atoms with Gasteiger partial charge in [-0.25, -0.2) is 4.79 Å². The van der Waals surface area contributed by atoms with Crippen molar-refractivity contribution in [1.82, 2.24) is 15.5 Å². The maximum absolute atomic E-state index is 12.0. The molecule has 0 aliphatic rings. The molecule has 6 nitrogen and oxygen atoms in total. The molecule has 0 aromatic carbocycles. The van der Waals surface area contributed by atoms with Crippen molar-refractivity contribution in [2.75, 3.05) is 13.1 Å². The van der Waals surface area contributed by atoms with Gasteiger partial charge in [0.2, 0.25) is 5.91 Å². The van der Waals surface area contributed by atoms with Gasteiger partial charge in [0.25, 0.3) is 0 Å². The van der Waals surface area contributed by atoms with Crippen molar-refractivity contribution < 1.29 is 14.0 Å². The molecule has 2 N–H and O–H groups in total. The van der Waals surface area contributed by atoms with Crippen LogP contribution in [0.1, 0.15) is 17.6 Å². The van der Waals surface area contributed by atoms with Gasteiger partial charge >= 0.3 is 6.03 Å². The fraction of sp³-hybridized carbons (Fsp3) is 0.333. The molecule has 3 amide bonds. The van der Waals surface area contributed by atoms with E-state index in [0.29, 0.717) is 19.6 Å². The number of hydrogen-bond acceptors (Lipinski definition) is 5. The summed E-state index contributed by atoms with van der Waals surface area (Å²) in [6.07, 6.45) is 1.60. The second-order valence-corrected chi connectivity index (χ2v) is 5.74. The molecule has 0 fully saturated rings. The van der Waals surface area contributed by atoms with Crippen LogP contribution < -0.4 is 10.6 Å². The van der Waals surface area contributed by atoms with Crippen LogP contribution in [0.25, 0.3) is 0 Å². The van der Waals surface area contributed by atoms with E-state index in [1.54, 1.807) is 24.5 Å². The van der Waals surface area contributed by atoms with Crippen LogP contribution in [0.4, 0.5) is 4.79 Å². The highest BCUT2D eigenvalue weighted by atomic mass is 32.1. The Morgan fingerprint density at radius 1 is 1.27 bits per heavy atom. The molecule has 0 radical (unpaired) electrons. The highest BCUT2D eigenvalue weighted by molar-refractivity contribution is 7.09. The minimum Gasteiger partial charge on any atom is -0.468 e. The summed E-state index contributed by atoms with van der Waals surface area (Å²) < 4.78 is 5.34. The molecule has 0 unspecified atom stereocenters. The average molecular weight is 321 g/mol. The van der Waals surface area contributed by atoms with Gasteiger partial charge < -0.3 is 9.73 Å². The monoisotopic (exact) mass is 321 g/mol. The smallest absolute Gasteiger partial charge is 0.321 e. The van der Waals surface area contributed by atoms with Crippen molar-refractivity contribution in [3.05, 3.63) is 46.5 Å². The van der Waals surface area contributed by atoms with E-state index in [0.717, 1.165) is 10.6 Å². The number of carbonyl (C=O) groups is 2. The maximum atomic E-state index is 12.0. The summed E-state index contributed by atoms with van der Waals surface area (Å²) in [5, 5.41) is 6.84. The van der Waals surface area contributed by atoms with Crippen molar-refractivity contribution >= 4 is 23.3 Å². The minimum atomic E-state index is -0.471. The highest BCUT2D eigenvalue weighted by Crippen LogP contribution is 2.14. The van der Waals surface area contributed by atoms with E-state index in [-0.39, 0.29) is 12.5 Å². The van der Waals surface area contributed by atoms with Crippen LogP contribution in [0.15, 0.2) is 40.3 Å². The Morgan fingerprint density at radius 3 is 2.77 bits per heavy atom. The van der Waals surface area contributed by atoms with E-state index >= 15 is 0 Å². The van der Waals surface area contributed by atoms with E-state index in [2.05, 4.69) is 10.6 Å². The van der Waals surface area contributed by atoms with Crippen molar-refractivity contribution in [2.45, 2.75) is 20.0 Å². The Labute approximate surface area is 133 Å². The maximum Gasteiger partial charge on any atom is 0.321 e. The van der Waals surface area contributed by atoms with Crippen LogP contribution in [0, 0.1) is 0 Å². The molecule has 2 aromatic rings. The molecule has 2 aromatic heterocycles. The first-order valence-electron chi connectivity index (χ1n) is 7.02. The molecular weight excluding hydrogens is 302 g/mol. The lowest BCUT2D eigenvalue weighted by Crippen LogP contribution is -2.44.